The normalized spacial score (nSPS) is 12.8. The van der Waals surface area contributed by atoms with E-state index in [1.54, 1.807) is 13.2 Å². The third kappa shape index (κ3) is 7.72. The van der Waals surface area contributed by atoms with Gasteiger partial charge in [0.1, 0.15) is 9.84 Å². The van der Waals surface area contributed by atoms with Crippen molar-refractivity contribution in [1.29, 1.82) is 0 Å². The minimum absolute atomic E-state index is 0.136. The van der Waals surface area contributed by atoms with Crippen molar-refractivity contribution in [1.82, 2.24) is 20.4 Å². The molecule has 1 aromatic heterocycles. The number of aromatic nitrogens is 2. The Morgan fingerprint density at radius 2 is 1.93 bits per heavy atom. The molecule has 1 heterocycles. The molecule has 0 unspecified atom stereocenters. The molecule has 0 saturated heterocycles. The van der Waals surface area contributed by atoms with Gasteiger partial charge in [0, 0.05) is 38.8 Å². The topological polar surface area (TPSA) is 88.4 Å². The lowest BCUT2D eigenvalue weighted by Crippen LogP contribution is -2.43. The lowest BCUT2D eigenvalue weighted by Gasteiger charge is -2.25. The predicted molar refractivity (Wildman–Crippen MR) is 115 cm³/mol. The minimum atomic E-state index is -2.94. The first-order valence-corrected chi connectivity index (χ1v) is 11.5. The molecular formula is C20H31N5O2S. The third-order valence-corrected chi connectivity index (χ3v) is 5.46. The number of rotatable bonds is 9. The summed E-state index contributed by atoms with van der Waals surface area (Å²) in [5.41, 5.74) is 2.13. The number of sulfone groups is 1. The Morgan fingerprint density at radius 3 is 2.50 bits per heavy atom. The van der Waals surface area contributed by atoms with Crippen molar-refractivity contribution in [2.24, 2.45) is 10.4 Å². The van der Waals surface area contributed by atoms with Gasteiger partial charge >= 0.3 is 0 Å². The third-order valence-electron chi connectivity index (χ3n) is 4.52. The number of benzene rings is 1. The van der Waals surface area contributed by atoms with Crippen molar-refractivity contribution >= 4 is 15.8 Å². The first-order chi connectivity index (χ1) is 13.2. The van der Waals surface area contributed by atoms with Crippen LogP contribution >= 0.6 is 0 Å². The second kappa shape index (κ2) is 9.73. The van der Waals surface area contributed by atoms with Gasteiger partial charge in [-0.25, -0.2) is 13.1 Å². The van der Waals surface area contributed by atoms with Crippen LogP contribution in [0.25, 0.3) is 5.69 Å². The van der Waals surface area contributed by atoms with Crippen LogP contribution in [0.5, 0.6) is 0 Å². The molecule has 0 radical (unpaired) electrons. The Morgan fingerprint density at radius 1 is 1.21 bits per heavy atom. The lowest BCUT2D eigenvalue weighted by molar-refractivity contribution is 0.348. The highest BCUT2D eigenvalue weighted by Crippen LogP contribution is 2.19. The summed E-state index contributed by atoms with van der Waals surface area (Å²) in [5, 5.41) is 10.8. The molecule has 2 N–H and O–H groups in total. The largest absolute Gasteiger partial charge is 0.356 e. The highest BCUT2D eigenvalue weighted by Gasteiger charge is 2.20. The van der Waals surface area contributed by atoms with E-state index in [-0.39, 0.29) is 11.2 Å². The fourth-order valence-corrected chi connectivity index (χ4v) is 3.58. The second-order valence-corrected chi connectivity index (χ2v) is 10.0. The van der Waals surface area contributed by atoms with Gasteiger partial charge in [0.25, 0.3) is 0 Å². The van der Waals surface area contributed by atoms with Crippen LogP contribution in [-0.2, 0) is 16.3 Å². The number of hydrogen-bond donors (Lipinski definition) is 2. The van der Waals surface area contributed by atoms with Crippen LogP contribution in [0, 0.1) is 5.41 Å². The van der Waals surface area contributed by atoms with Crippen molar-refractivity contribution in [3.05, 3.63) is 48.3 Å². The number of aliphatic imine (C=N–C) groups is 1. The Hall–Kier alpha value is -2.35. The number of hydrogen-bond acceptors (Lipinski definition) is 4. The molecule has 154 valence electrons. The lowest BCUT2D eigenvalue weighted by atomic mass is 9.90. The van der Waals surface area contributed by atoms with Gasteiger partial charge in [-0.3, -0.25) is 4.99 Å². The number of guanidine groups is 1. The molecule has 0 atom stereocenters. The van der Waals surface area contributed by atoms with Gasteiger partial charge < -0.3 is 10.6 Å². The maximum absolute atomic E-state index is 11.4. The average molecular weight is 406 g/mol. The molecule has 0 bridgehead atoms. The SMILES string of the molecule is CN=C(NCCc1ccc(-n2cccn2)cc1)NCC(C)(C)CCS(C)(=O)=O. The minimum Gasteiger partial charge on any atom is -0.356 e. The van der Waals surface area contributed by atoms with E-state index >= 15 is 0 Å². The van der Waals surface area contributed by atoms with E-state index < -0.39 is 9.84 Å². The molecule has 28 heavy (non-hydrogen) atoms. The summed E-state index contributed by atoms with van der Waals surface area (Å²) < 4.78 is 24.6. The van der Waals surface area contributed by atoms with E-state index in [4.69, 9.17) is 0 Å². The van der Waals surface area contributed by atoms with E-state index in [0.717, 1.165) is 24.6 Å². The van der Waals surface area contributed by atoms with Crippen molar-refractivity contribution < 1.29 is 8.42 Å². The summed E-state index contributed by atoms with van der Waals surface area (Å²) >= 11 is 0. The Balaban J connectivity index is 1.76. The summed E-state index contributed by atoms with van der Waals surface area (Å²) in [6, 6.07) is 10.2. The van der Waals surface area contributed by atoms with E-state index in [0.29, 0.717) is 13.0 Å². The standard InChI is InChI=1S/C20H31N5O2S/c1-20(2,11-15-28(4,26)27)16-23-19(21-3)22-13-10-17-6-8-18(9-7-17)25-14-5-12-24-25/h5-9,12,14H,10-11,13,15-16H2,1-4H3,(H2,21,22,23). The molecule has 0 aliphatic heterocycles. The van der Waals surface area contributed by atoms with Crippen molar-refractivity contribution in [3.63, 3.8) is 0 Å². The Bertz CT molecular complexity index is 857. The fraction of sp³-hybridized carbons (Fsp3) is 0.500. The monoisotopic (exact) mass is 405 g/mol. The van der Waals surface area contributed by atoms with Crippen LogP contribution in [0.2, 0.25) is 0 Å². The molecular weight excluding hydrogens is 374 g/mol. The molecule has 0 saturated carbocycles. The van der Waals surface area contributed by atoms with Crippen LogP contribution in [0.1, 0.15) is 25.8 Å². The molecule has 0 aliphatic rings. The van der Waals surface area contributed by atoms with E-state index in [1.807, 2.05) is 16.9 Å². The zero-order valence-corrected chi connectivity index (χ0v) is 18.0. The Kier molecular flexibility index (Phi) is 7.62. The maximum atomic E-state index is 11.4. The van der Waals surface area contributed by atoms with E-state index in [1.165, 1.54) is 11.8 Å². The van der Waals surface area contributed by atoms with Gasteiger partial charge in [-0.1, -0.05) is 26.0 Å². The molecule has 0 aliphatic carbocycles. The molecule has 0 amide bonds. The first-order valence-electron chi connectivity index (χ1n) is 9.40. The van der Waals surface area contributed by atoms with Gasteiger partial charge in [-0.05, 0) is 42.0 Å². The molecule has 1 aromatic carbocycles. The predicted octanol–water partition coefficient (Wildman–Crippen LogP) is 2.04. The fourth-order valence-electron chi connectivity index (χ4n) is 2.66. The van der Waals surface area contributed by atoms with Crippen molar-refractivity contribution in [2.75, 3.05) is 32.1 Å². The summed E-state index contributed by atoms with van der Waals surface area (Å²) in [4.78, 5) is 4.24. The zero-order valence-electron chi connectivity index (χ0n) is 17.1. The highest BCUT2D eigenvalue weighted by molar-refractivity contribution is 7.90. The average Bonchev–Trinajstić information content (AvgIpc) is 3.18. The number of nitrogens with one attached hydrogen (secondary N) is 2. The first kappa shape index (κ1) is 21.9. The number of nitrogens with zero attached hydrogens (tertiary/aromatic N) is 3. The molecule has 2 aromatic rings. The van der Waals surface area contributed by atoms with Crippen LogP contribution < -0.4 is 10.6 Å². The summed E-state index contributed by atoms with van der Waals surface area (Å²) in [6.07, 6.45) is 6.44. The van der Waals surface area contributed by atoms with Crippen LogP contribution in [0.4, 0.5) is 0 Å². The quantitative estimate of drug-likeness (QED) is 0.492. The zero-order chi connectivity index (χ0) is 20.6. The van der Waals surface area contributed by atoms with E-state index in [9.17, 15) is 8.42 Å². The van der Waals surface area contributed by atoms with Crippen LogP contribution in [0.15, 0.2) is 47.7 Å². The molecule has 7 nitrogen and oxygen atoms in total. The molecule has 2 rings (SSSR count). The van der Waals surface area contributed by atoms with Crippen molar-refractivity contribution in [2.45, 2.75) is 26.7 Å². The molecule has 0 spiro atoms. The van der Waals surface area contributed by atoms with Gasteiger partial charge in [0.15, 0.2) is 5.96 Å². The molecule has 8 heteroatoms. The van der Waals surface area contributed by atoms with Crippen molar-refractivity contribution in [3.8, 4) is 5.69 Å². The van der Waals surface area contributed by atoms with Crippen LogP contribution in [0.3, 0.4) is 0 Å². The summed E-state index contributed by atoms with van der Waals surface area (Å²) in [6.45, 7) is 5.52. The van der Waals surface area contributed by atoms with E-state index in [2.05, 4.69) is 58.8 Å². The van der Waals surface area contributed by atoms with Gasteiger partial charge in [-0.2, -0.15) is 5.10 Å². The second-order valence-electron chi connectivity index (χ2n) is 7.76. The molecule has 0 fully saturated rings. The summed E-state index contributed by atoms with van der Waals surface area (Å²) in [5.74, 6) is 0.919. The van der Waals surface area contributed by atoms with Gasteiger partial charge in [0.05, 0.1) is 11.4 Å². The maximum Gasteiger partial charge on any atom is 0.191 e. The highest BCUT2D eigenvalue weighted by atomic mass is 32.2. The summed E-state index contributed by atoms with van der Waals surface area (Å²) in [7, 11) is -1.21. The Labute approximate surface area is 168 Å². The van der Waals surface area contributed by atoms with Gasteiger partial charge in [-0.15, -0.1) is 0 Å². The van der Waals surface area contributed by atoms with Gasteiger partial charge in [0.2, 0.25) is 0 Å². The van der Waals surface area contributed by atoms with Crippen LogP contribution in [-0.4, -0.2) is 56.3 Å². The smallest absolute Gasteiger partial charge is 0.191 e.